The molecule has 1 aromatic heterocycles. The van der Waals surface area contributed by atoms with Crippen LogP contribution in [0.25, 0.3) is 0 Å². The van der Waals surface area contributed by atoms with Crippen LogP contribution >= 0.6 is 11.6 Å². The summed E-state index contributed by atoms with van der Waals surface area (Å²) in [5, 5.41) is 3.23. The van der Waals surface area contributed by atoms with Crippen LogP contribution in [0.3, 0.4) is 0 Å². The van der Waals surface area contributed by atoms with Crippen LogP contribution in [0.4, 0.5) is 5.82 Å². The van der Waals surface area contributed by atoms with Crippen LogP contribution in [0.15, 0.2) is 6.20 Å². The quantitative estimate of drug-likeness (QED) is 0.752. The lowest BCUT2D eigenvalue weighted by Gasteiger charge is -2.28. The van der Waals surface area contributed by atoms with E-state index in [4.69, 9.17) is 11.6 Å². The lowest BCUT2D eigenvalue weighted by atomic mass is 10.3. The minimum Gasteiger partial charge on any atom is -0.353 e. The Kier molecular flexibility index (Phi) is 2.73. The number of piperazine rings is 1. The standard InChI is InChI=1S/C9H11ClN4O/c1-6-12-4-7(10)9(13-6)14-3-2-11-8(15)5-14/h4H,2-3,5H2,1H3,(H,11,15). The van der Waals surface area contributed by atoms with Gasteiger partial charge in [0, 0.05) is 13.1 Å². The molecule has 0 spiro atoms. The molecular formula is C9H11ClN4O. The van der Waals surface area contributed by atoms with Crippen molar-refractivity contribution in [3.05, 3.63) is 17.0 Å². The summed E-state index contributed by atoms with van der Waals surface area (Å²) in [6, 6.07) is 0. The van der Waals surface area contributed by atoms with Crippen molar-refractivity contribution in [2.24, 2.45) is 0 Å². The van der Waals surface area contributed by atoms with Crippen LogP contribution in [-0.2, 0) is 4.79 Å². The fraction of sp³-hybridized carbons (Fsp3) is 0.444. The number of hydrogen-bond acceptors (Lipinski definition) is 4. The van der Waals surface area contributed by atoms with Crippen molar-refractivity contribution in [3.63, 3.8) is 0 Å². The van der Waals surface area contributed by atoms with E-state index in [-0.39, 0.29) is 5.91 Å². The Morgan fingerprint density at radius 3 is 3.13 bits per heavy atom. The van der Waals surface area contributed by atoms with Gasteiger partial charge in [-0.2, -0.15) is 0 Å². The van der Waals surface area contributed by atoms with Gasteiger partial charge in [0.2, 0.25) is 5.91 Å². The number of nitrogens with one attached hydrogen (secondary N) is 1. The molecule has 1 saturated heterocycles. The Morgan fingerprint density at radius 1 is 1.60 bits per heavy atom. The van der Waals surface area contributed by atoms with Gasteiger partial charge in [-0.15, -0.1) is 0 Å². The Hall–Kier alpha value is -1.36. The third kappa shape index (κ3) is 2.18. The second-order valence-electron chi connectivity index (χ2n) is 3.36. The van der Waals surface area contributed by atoms with E-state index in [0.29, 0.717) is 29.8 Å². The molecule has 0 atom stereocenters. The number of halogens is 1. The minimum absolute atomic E-state index is 0.00594. The Labute approximate surface area is 92.5 Å². The van der Waals surface area contributed by atoms with E-state index < -0.39 is 0 Å². The van der Waals surface area contributed by atoms with Crippen molar-refractivity contribution in [1.29, 1.82) is 0 Å². The highest BCUT2D eigenvalue weighted by Crippen LogP contribution is 2.22. The van der Waals surface area contributed by atoms with Crippen molar-refractivity contribution in [2.45, 2.75) is 6.92 Å². The summed E-state index contributed by atoms with van der Waals surface area (Å²) < 4.78 is 0. The predicted octanol–water partition coefficient (Wildman–Crippen LogP) is 0.375. The Morgan fingerprint density at radius 2 is 2.40 bits per heavy atom. The zero-order valence-electron chi connectivity index (χ0n) is 8.33. The third-order valence-electron chi connectivity index (χ3n) is 2.18. The van der Waals surface area contributed by atoms with Crippen molar-refractivity contribution in [1.82, 2.24) is 15.3 Å². The topological polar surface area (TPSA) is 58.1 Å². The summed E-state index contributed by atoms with van der Waals surface area (Å²) in [4.78, 5) is 21.3. The number of hydrogen-bond donors (Lipinski definition) is 1. The maximum atomic E-state index is 11.2. The van der Waals surface area contributed by atoms with Gasteiger partial charge < -0.3 is 10.2 Å². The summed E-state index contributed by atoms with van der Waals surface area (Å²) in [7, 11) is 0. The summed E-state index contributed by atoms with van der Waals surface area (Å²) >= 11 is 5.98. The number of aromatic nitrogens is 2. The molecule has 1 aliphatic heterocycles. The number of aryl methyl sites for hydroxylation is 1. The largest absolute Gasteiger partial charge is 0.353 e. The van der Waals surface area contributed by atoms with Gasteiger partial charge in [-0.1, -0.05) is 11.6 Å². The van der Waals surface area contributed by atoms with Crippen LogP contribution in [0.1, 0.15) is 5.82 Å². The van der Waals surface area contributed by atoms with Gasteiger partial charge in [0.25, 0.3) is 0 Å². The molecule has 1 N–H and O–H groups in total. The van der Waals surface area contributed by atoms with Gasteiger partial charge >= 0.3 is 0 Å². The molecule has 1 fully saturated rings. The fourth-order valence-corrected chi connectivity index (χ4v) is 1.70. The number of rotatable bonds is 1. The van der Waals surface area contributed by atoms with Crippen LogP contribution in [-0.4, -0.2) is 35.5 Å². The molecule has 2 rings (SSSR count). The van der Waals surface area contributed by atoms with E-state index in [2.05, 4.69) is 15.3 Å². The van der Waals surface area contributed by atoms with E-state index in [0.717, 1.165) is 6.54 Å². The molecule has 0 aromatic carbocycles. The molecule has 5 nitrogen and oxygen atoms in total. The normalized spacial score (nSPS) is 16.4. The monoisotopic (exact) mass is 226 g/mol. The van der Waals surface area contributed by atoms with Crippen molar-refractivity contribution in [3.8, 4) is 0 Å². The summed E-state index contributed by atoms with van der Waals surface area (Å²) in [6.07, 6.45) is 1.56. The van der Waals surface area contributed by atoms with Crippen molar-refractivity contribution < 1.29 is 4.79 Å². The first-order chi connectivity index (χ1) is 7.16. The lowest BCUT2D eigenvalue weighted by Crippen LogP contribution is -2.48. The molecule has 1 aliphatic rings. The number of anilines is 1. The second kappa shape index (κ2) is 4.02. The van der Waals surface area contributed by atoms with Crippen LogP contribution in [0, 0.1) is 6.92 Å². The highest BCUT2D eigenvalue weighted by Gasteiger charge is 2.19. The molecule has 1 amide bonds. The maximum absolute atomic E-state index is 11.2. The highest BCUT2D eigenvalue weighted by atomic mass is 35.5. The van der Waals surface area contributed by atoms with Gasteiger partial charge in [-0.3, -0.25) is 4.79 Å². The first kappa shape index (κ1) is 10.2. The molecule has 0 bridgehead atoms. The number of nitrogens with zero attached hydrogens (tertiary/aromatic N) is 3. The summed E-state index contributed by atoms with van der Waals surface area (Å²) in [5.74, 6) is 1.29. The molecule has 15 heavy (non-hydrogen) atoms. The zero-order chi connectivity index (χ0) is 10.8. The molecular weight excluding hydrogens is 216 g/mol. The van der Waals surface area contributed by atoms with E-state index in [1.807, 2.05) is 4.90 Å². The predicted molar refractivity (Wildman–Crippen MR) is 57.0 cm³/mol. The smallest absolute Gasteiger partial charge is 0.239 e. The van der Waals surface area contributed by atoms with Gasteiger partial charge in [0.05, 0.1) is 12.7 Å². The first-order valence-corrected chi connectivity index (χ1v) is 5.05. The SMILES string of the molecule is Cc1ncc(Cl)c(N2CCNC(=O)C2)n1. The molecule has 2 heterocycles. The second-order valence-corrected chi connectivity index (χ2v) is 3.77. The first-order valence-electron chi connectivity index (χ1n) is 4.67. The Balaban J connectivity index is 2.27. The van der Waals surface area contributed by atoms with Gasteiger partial charge in [0.15, 0.2) is 5.82 Å². The van der Waals surface area contributed by atoms with Crippen molar-refractivity contribution in [2.75, 3.05) is 24.5 Å². The average molecular weight is 227 g/mol. The molecule has 6 heteroatoms. The fourth-order valence-electron chi connectivity index (χ4n) is 1.48. The lowest BCUT2D eigenvalue weighted by molar-refractivity contribution is -0.120. The van der Waals surface area contributed by atoms with Gasteiger partial charge in [0.1, 0.15) is 10.8 Å². The molecule has 80 valence electrons. The highest BCUT2D eigenvalue weighted by molar-refractivity contribution is 6.32. The number of amides is 1. The zero-order valence-corrected chi connectivity index (χ0v) is 9.08. The van der Waals surface area contributed by atoms with Crippen molar-refractivity contribution >= 4 is 23.3 Å². The maximum Gasteiger partial charge on any atom is 0.239 e. The molecule has 0 aliphatic carbocycles. The van der Waals surface area contributed by atoms with Crippen LogP contribution in [0.5, 0.6) is 0 Å². The van der Waals surface area contributed by atoms with E-state index in [1.165, 1.54) is 0 Å². The summed E-state index contributed by atoms with van der Waals surface area (Å²) in [6.45, 7) is 3.44. The average Bonchev–Trinajstić information content (AvgIpc) is 2.22. The number of carbonyl (C=O) groups is 1. The van der Waals surface area contributed by atoms with E-state index in [1.54, 1.807) is 13.1 Å². The van der Waals surface area contributed by atoms with Crippen LogP contribution < -0.4 is 10.2 Å². The van der Waals surface area contributed by atoms with Gasteiger partial charge in [-0.05, 0) is 6.92 Å². The summed E-state index contributed by atoms with van der Waals surface area (Å²) in [5.41, 5.74) is 0. The molecule has 0 unspecified atom stereocenters. The third-order valence-corrected chi connectivity index (χ3v) is 2.45. The van der Waals surface area contributed by atoms with E-state index >= 15 is 0 Å². The Bertz CT molecular complexity index is 396. The minimum atomic E-state index is -0.00594. The molecule has 1 aromatic rings. The molecule has 0 radical (unpaired) electrons. The van der Waals surface area contributed by atoms with Gasteiger partial charge in [-0.25, -0.2) is 9.97 Å². The van der Waals surface area contributed by atoms with E-state index in [9.17, 15) is 4.79 Å². The van der Waals surface area contributed by atoms with Crippen LogP contribution in [0.2, 0.25) is 5.02 Å². The molecule has 0 saturated carbocycles. The number of carbonyl (C=O) groups excluding carboxylic acids is 1.